The largest absolute Gasteiger partial charge is 0.397 e. The van der Waals surface area contributed by atoms with E-state index in [1.807, 2.05) is 12.1 Å². The van der Waals surface area contributed by atoms with Gasteiger partial charge in [0.15, 0.2) is 0 Å². The number of pyridine rings is 1. The van der Waals surface area contributed by atoms with Gasteiger partial charge in [0.05, 0.1) is 5.69 Å². The van der Waals surface area contributed by atoms with Gasteiger partial charge in [0.2, 0.25) is 0 Å². The van der Waals surface area contributed by atoms with Gasteiger partial charge in [-0.15, -0.1) is 11.3 Å². The molecule has 4 nitrogen and oxygen atoms in total. The van der Waals surface area contributed by atoms with Crippen molar-refractivity contribution in [2.24, 2.45) is 11.3 Å². The average Bonchev–Trinajstić information content (AvgIpc) is 3.35. The zero-order valence-corrected chi connectivity index (χ0v) is 12.0. The number of aromatic nitrogens is 1. The second-order valence-corrected chi connectivity index (χ2v) is 7.02. The first-order valence-corrected chi connectivity index (χ1v) is 7.92. The molecule has 2 heterocycles. The van der Waals surface area contributed by atoms with Crippen molar-refractivity contribution < 1.29 is 4.79 Å². The van der Waals surface area contributed by atoms with Gasteiger partial charge in [0.1, 0.15) is 9.71 Å². The fraction of sp³-hybridized carbons (Fsp3) is 0.467. The van der Waals surface area contributed by atoms with Gasteiger partial charge in [-0.25, -0.2) is 4.98 Å². The highest BCUT2D eigenvalue weighted by molar-refractivity contribution is 7.21. The van der Waals surface area contributed by atoms with E-state index in [9.17, 15) is 4.79 Å². The summed E-state index contributed by atoms with van der Waals surface area (Å²) in [5.41, 5.74) is 7.05. The van der Waals surface area contributed by atoms with Crippen LogP contribution in [0.5, 0.6) is 0 Å². The number of carbonyl (C=O) groups excluding carboxylic acids is 1. The molecule has 0 atom stereocenters. The molecule has 2 aliphatic rings. The predicted molar refractivity (Wildman–Crippen MR) is 80.8 cm³/mol. The zero-order valence-electron chi connectivity index (χ0n) is 11.2. The summed E-state index contributed by atoms with van der Waals surface area (Å²) in [5.74, 6) is 0.807. The number of carbonyl (C=O) groups is 1. The number of nitrogens with one attached hydrogen (secondary N) is 1. The number of thiophene rings is 1. The maximum Gasteiger partial charge on any atom is 0.263 e. The van der Waals surface area contributed by atoms with Crippen molar-refractivity contribution in [2.75, 3.05) is 12.3 Å². The number of rotatable bonds is 4. The molecule has 0 radical (unpaired) electrons. The second-order valence-electron chi connectivity index (χ2n) is 6.02. The summed E-state index contributed by atoms with van der Waals surface area (Å²) in [4.78, 5) is 18.0. The van der Waals surface area contributed by atoms with Gasteiger partial charge in [-0.2, -0.15) is 0 Å². The molecule has 0 saturated heterocycles. The maximum atomic E-state index is 12.3. The highest BCUT2D eigenvalue weighted by Gasteiger charge is 2.53. The third-order valence-corrected chi connectivity index (χ3v) is 5.78. The van der Waals surface area contributed by atoms with E-state index >= 15 is 0 Å². The van der Waals surface area contributed by atoms with Crippen LogP contribution in [0.4, 0.5) is 5.69 Å². The minimum Gasteiger partial charge on any atom is -0.397 e. The first-order valence-electron chi connectivity index (χ1n) is 7.11. The molecule has 4 rings (SSSR count). The number of hydrogen-bond donors (Lipinski definition) is 2. The lowest BCUT2D eigenvalue weighted by Gasteiger charge is -2.14. The smallest absolute Gasteiger partial charge is 0.263 e. The SMILES string of the molecule is Nc1c(C(=O)NCC2(C3CC3)CC2)sc2ncccc12. The number of fused-ring (bicyclic) bond motifs is 1. The number of nitrogens with zero attached hydrogens (tertiary/aromatic N) is 1. The van der Waals surface area contributed by atoms with Gasteiger partial charge < -0.3 is 11.1 Å². The van der Waals surface area contributed by atoms with Crippen LogP contribution >= 0.6 is 11.3 Å². The van der Waals surface area contributed by atoms with E-state index in [0.29, 0.717) is 16.0 Å². The predicted octanol–water partition coefficient (Wildman–Crippen LogP) is 2.80. The lowest BCUT2D eigenvalue weighted by Crippen LogP contribution is -2.31. The molecule has 0 bridgehead atoms. The van der Waals surface area contributed by atoms with Gasteiger partial charge in [-0.05, 0) is 49.1 Å². The number of anilines is 1. The van der Waals surface area contributed by atoms with E-state index in [0.717, 1.165) is 22.7 Å². The van der Waals surface area contributed by atoms with Crippen molar-refractivity contribution >= 4 is 33.1 Å². The minimum absolute atomic E-state index is 0.0441. The van der Waals surface area contributed by atoms with Crippen LogP contribution in [-0.2, 0) is 0 Å². The van der Waals surface area contributed by atoms with Crippen molar-refractivity contribution in [3.05, 3.63) is 23.2 Å². The molecule has 1 amide bonds. The van der Waals surface area contributed by atoms with Crippen LogP contribution in [0.1, 0.15) is 35.4 Å². The summed E-state index contributed by atoms with van der Waals surface area (Å²) in [7, 11) is 0. The Hall–Kier alpha value is -1.62. The van der Waals surface area contributed by atoms with E-state index in [1.54, 1.807) is 6.20 Å². The molecule has 0 aliphatic heterocycles. The fourth-order valence-electron chi connectivity index (χ4n) is 3.04. The molecule has 0 unspecified atom stereocenters. The summed E-state index contributed by atoms with van der Waals surface area (Å²) in [5, 5.41) is 3.97. The molecule has 2 fully saturated rings. The Morgan fingerprint density at radius 1 is 1.50 bits per heavy atom. The molecule has 2 aromatic heterocycles. The molecule has 2 aromatic rings. The van der Waals surface area contributed by atoms with Gasteiger partial charge in [-0.1, -0.05) is 0 Å². The van der Waals surface area contributed by atoms with E-state index in [4.69, 9.17) is 5.73 Å². The summed E-state index contributed by atoms with van der Waals surface area (Å²) in [6, 6.07) is 3.76. The Kier molecular flexibility index (Phi) is 2.54. The van der Waals surface area contributed by atoms with E-state index in [-0.39, 0.29) is 5.91 Å². The van der Waals surface area contributed by atoms with E-state index in [1.165, 1.54) is 37.0 Å². The Balaban J connectivity index is 1.53. The average molecular weight is 287 g/mol. The van der Waals surface area contributed by atoms with Crippen LogP contribution in [0.2, 0.25) is 0 Å². The van der Waals surface area contributed by atoms with Crippen molar-refractivity contribution in [2.45, 2.75) is 25.7 Å². The Labute approximate surface area is 121 Å². The molecule has 5 heteroatoms. The van der Waals surface area contributed by atoms with Crippen LogP contribution in [0.3, 0.4) is 0 Å². The van der Waals surface area contributed by atoms with Gasteiger partial charge in [-0.3, -0.25) is 4.79 Å². The first kappa shape index (κ1) is 12.1. The Morgan fingerprint density at radius 2 is 2.30 bits per heavy atom. The summed E-state index contributed by atoms with van der Waals surface area (Å²) in [6.07, 6.45) is 6.94. The van der Waals surface area contributed by atoms with Crippen molar-refractivity contribution in [1.29, 1.82) is 0 Å². The molecule has 2 saturated carbocycles. The van der Waals surface area contributed by atoms with Crippen LogP contribution in [-0.4, -0.2) is 17.4 Å². The third kappa shape index (κ3) is 1.88. The number of nitrogens with two attached hydrogens (primary N) is 1. The van der Waals surface area contributed by atoms with E-state index < -0.39 is 0 Å². The first-order chi connectivity index (χ1) is 9.70. The topological polar surface area (TPSA) is 68.0 Å². The van der Waals surface area contributed by atoms with Gasteiger partial charge in [0, 0.05) is 18.1 Å². The van der Waals surface area contributed by atoms with Crippen LogP contribution in [0, 0.1) is 11.3 Å². The summed E-state index contributed by atoms with van der Waals surface area (Å²) in [6.45, 7) is 0.803. The Bertz CT molecular complexity index is 685. The van der Waals surface area contributed by atoms with E-state index in [2.05, 4.69) is 10.3 Å². The molecule has 3 N–H and O–H groups in total. The quantitative estimate of drug-likeness (QED) is 0.908. The molecule has 0 spiro atoms. The van der Waals surface area contributed by atoms with Gasteiger partial charge in [0.25, 0.3) is 5.91 Å². The molecule has 0 aromatic carbocycles. The monoisotopic (exact) mass is 287 g/mol. The number of nitrogen functional groups attached to an aromatic ring is 1. The minimum atomic E-state index is -0.0441. The lowest BCUT2D eigenvalue weighted by atomic mass is 10.0. The standard InChI is InChI=1S/C15H17N3OS/c16-11-10-2-1-7-17-14(10)20-12(11)13(19)18-8-15(5-6-15)9-3-4-9/h1-2,7,9H,3-6,8,16H2,(H,18,19). The van der Waals surface area contributed by atoms with Crippen molar-refractivity contribution in [3.8, 4) is 0 Å². The number of hydrogen-bond acceptors (Lipinski definition) is 4. The van der Waals surface area contributed by atoms with Crippen LogP contribution < -0.4 is 11.1 Å². The van der Waals surface area contributed by atoms with Crippen molar-refractivity contribution in [3.63, 3.8) is 0 Å². The molecule has 2 aliphatic carbocycles. The van der Waals surface area contributed by atoms with Crippen molar-refractivity contribution in [1.82, 2.24) is 10.3 Å². The van der Waals surface area contributed by atoms with Crippen LogP contribution in [0.25, 0.3) is 10.2 Å². The Morgan fingerprint density at radius 3 is 2.95 bits per heavy atom. The lowest BCUT2D eigenvalue weighted by molar-refractivity contribution is 0.0947. The third-order valence-electron chi connectivity index (χ3n) is 4.65. The van der Waals surface area contributed by atoms with Crippen LogP contribution in [0.15, 0.2) is 18.3 Å². The normalized spacial score (nSPS) is 20.0. The molecular weight excluding hydrogens is 270 g/mol. The second kappa shape index (κ2) is 4.19. The molecule has 20 heavy (non-hydrogen) atoms. The molecular formula is C15H17N3OS. The summed E-state index contributed by atoms with van der Waals surface area (Å²) >= 11 is 1.38. The fourth-order valence-corrected chi connectivity index (χ4v) is 4.02. The molecule has 104 valence electrons. The summed E-state index contributed by atoms with van der Waals surface area (Å²) < 4.78 is 0. The highest BCUT2D eigenvalue weighted by atomic mass is 32.1. The maximum absolute atomic E-state index is 12.3. The van der Waals surface area contributed by atoms with Gasteiger partial charge >= 0.3 is 0 Å². The zero-order chi connectivity index (χ0) is 13.7. The highest BCUT2D eigenvalue weighted by Crippen LogP contribution is 2.60. The number of amides is 1.